The fourth-order valence-corrected chi connectivity index (χ4v) is 3.01. The molecule has 4 rings (SSSR count). The van der Waals surface area contributed by atoms with E-state index in [1.165, 1.54) is 0 Å². The highest BCUT2D eigenvalue weighted by Crippen LogP contribution is 2.28. The Morgan fingerprint density at radius 1 is 1.16 bits per heavy atom. The number of hydrogen-bond donors (Lipinski definition) is 2. The number of para-hydroxylation sites is 1. The van der Waals surface area contributed by atoms with Crippen LogP contribution in [0.25, 0.3) is 33.3 Å². The van der Waals surface area contributed by atoms with Gasteiger partial charge in [-0.25, -0.2) is 4.98 Å². The number of benzene rings is 1. The topological polar surface area (TPSA) is 83.6 Å². The monoisotopic (exact) mass is 331 g/mol. The van der Waals surface area contributed by atoms with E-state index < -0.39 is 0 Å². The van der Waals surface area contributed by atoms with Gasteiger partial charge in [-0.2, -0.15) is 0 Å². The van der Waals surface area contributed by atoms with Gasteiger partial charge in [-0.05, 0) is 31.5 Å². The molecule has 0 saturated heterocycles. The lowest BCUT2D eigenvalue weighted by Gasteiger charge is -2.09. The van der Waals surface area contributed by atoms with E-state index >= 15 is 0 Å². The number of aromatic nitrogens is 4. The molecule has 25 heavy (non-hydrogen) atoms. The number of amides is 1. The Labute approximate surface area is 144 Å². The molecule has 0 saturated carbocycles. The van der Waals surface area contributed by atoms with Gasteiger partial charge in [0.05, 0.1) is 22.8 Å². The molecule has 2 N–H and O–H groups in total. The van der Waals surface area contributed by atoms with Crippen LogP contribution in [0.15, 0.2) is 42.7 Å². The maximum atomic E-state index is 12.4. The molecule has 3 heterocycles. The SMILES string of the molecule is CCNC(=O)c1nccc(C)c1-c1nc2cnc3ccccc3c2[nH]1. The number of aryl methyl sites for hydroxylation is 1. The van der Waals surface area contributed by atoms with Crippen LogP contribution in [0.2, 0.25) is 0 Å². The quantitative estimate of drug-likeness (QED) is 0.604. The number of H-pyrrole nitrogens is 1. The molecule has 124 valence electrons. The van der Waals surface area contributed by atoms with Gasteiger partial charge in [-0.15, -0.1) is 0 Å². The molecule has 0 aliphatic rings. The van der Waals surface area contributed by atoms with Crippen LogP contribution in [0.5, 0.6) is 0 Å². The van der Waals surface area contributed by atoms with E-state index in [4.69, 9.17) is 0 Å². The van der Waals surface area contributed by atoms with E-state index in [2.05, 4.69) is 25.3 Å². The van der Waals surface area contributed by atoms with Crippen molar-refractivity contribution in [3.05, 3.63) is 54.0 Å². The number of rotatable bonds is 3. The van der Waals surface area contributed by atoms with Crippen molar-refractivity contribution in [3.8, 4) is 11.4 Å². The standard InChI is InChI=1S/C19H17N5O/c1-3-20-19(25)17-15(11(2)8-9-21-17)18-23-14-10-22-13-7-5-4-6-12(13)16(14)24-18/h4-10H,3H2,1-2H3,(H,20,25)(H,23,24). The third-order valence-electron chi connectivity index (χ3n) is 4.18. The maximum absolute atomic E-state index is 12.4. The lowest BCUT2D eigenvalue weighted by Crippen LogP contribution is -2.24. The first-order valence-corrected chi connectivity index (χ1v) is 8.16. The van der Waals surface area contributed by atoms with Crippen LogP contribution in [-0.2, 0) is 0 Å². The van der Waals surface area contributed by atoms with Gasteiger partial charge in [0.1, 0.15) is 17.0 Å². The molecular weight excluding hydrogens is 314 g/mol. The second-order valence-electron chi connectivity index (χ2n) is 5.83. The van der Waals surface area contributed by atoms with E-state index in [1.54, 1.807) is 12.4 Å². The Balaban J connectivity index is 1.96. The van der Waals surface area contributed by atoms with Crippen molar-refractivity contribution in [1.82, 2.24) is 25.3 Å². The van der Waals surface area contributed by atoms with Gasteiger partial charge in [-0.1, -0.05) is 18.2 Å². The summed E-state index contributed by atoms with van der Waals surface area (Å²) in [5, 5.41) is 3.81. The molecule has 0 spiro atoms. The first kappa shape index (κ1) is 15.3. The summed E-state index contributed by atoms with van der Waals surface area (Å²) in [4.78, 5) is 29.1. The van der Waals surface area contributed by atoms with Crippen LogP contribution in [0.1, 0.15) is 23.0 Å². The first-order valence-electron chi connectivity index (χ1n) is 8.16. The molecule has 0 atom stereocenters. The zero-order chi connectivity index (χ0) is 17.4. The van der Waals surface area contributed by atoms with Gasteiger partial charge in [0.25, 0.3) is 5.91 Å². The van der Waals surface area contributed by atoms with Crippen LogP contribution < -0.4 is 5.32 Å². The summed E-state index contributed by atoms with van der Waals surface area (Å²) in [6, 6.07) is 9.77. The zero-order valence-electron chi connectivity index (χ0n) is 14.0. The van der Waals surface area contributed by atoms with Crippen LogP contribution in [-0.4, -0.2) is 32.4 Å². The minimum atomic E-state index is -0.204. The second-order valence-corrected chi connectivity index (χ2v) is 5.83. The number of imidazole rings is 1. The molecule has 0 aliphatic heterocycles. The average molecular weight is 331 g/mol. The van der Waals surface area contributed by atoms with Crippen LogP contribution in [0.4, 0.5) is 0 Å². The Morgan fingerprint density at radius 2 is 2.00 bits per heavy atom. The Kier molecular flexibility index (Phi) is 3.65. The molecule has 6 heteroatoms. The number of nitrogens with zero attached hydrogens (tertiary/aromatic N) is 3. The van der Waals surface area contributed by atoms with Gasteiger partial charge in [0.15, 0.2) is 0 Å². The largest absolute Gasteiger partial charge is 0.351 e. The minimum absolute atomic E-state index is 0.204. The Morgan fingerprint density at radius 3 is 2.84 bits per heavy atom. The molecule has 0 bridgehead atoms. The second kappa shape index (κ2) is 5.98. The predicted molar refractivity (Wildman–Crippen MR) is 97.4 cm³/mol. The van der Waals surface area contributed by atoms with Crippen molar-refractivity contribution < 1.29 is 4.79 Å². The number of nitrogens with one attached hydrogen (secondary N) is 2. The number of pyridine rings is 2. The summed E-state index contributed by atoms with van der Waals surface area (Å²) in [5.74, 6) is 0.421. The smallest absolute Gasteiger partial charge is 0.270 e. The van der Waals surface area contributed by atoms with Crippen molar-refractivity contribution in [3.63, 3.8) is 0 Å². The summed E-state index contributed by atoms with van der Waals surface area (Å²) in [6.45, 7) is 4.37. The van der Waals surface area contributed by atoms with Crippen LogP contribution >= 0.6 is 0 Å². The number of carbonyl (C=O) groups excluding carboxylic acids is 1. The molecule has 0 fully saturated rings. The molecule has 0 unspecified atom stereocenters. The van der Waals surface area contributed by atoms with E-state index in [9.17, 15) is 4.79 Å². The Bertz CT molecular complexity index is 1100. The van der Waals surface area contributed by atoms with Crippen molar-refractivity contribution in [2.24, 2.45) is 0 Å². The molecule has 4 aromatic rings. The van der Waals surface area contributed by atoms with Gasteiger partial charge in [-0.3, -0.25) is 14.8 Å². The predicted octanol–water partition coefficient (Wildman–Crippen LogP) is 3.23. The third kappa shape index (κ3) is 2.52. The Hall–Kier alpha value is -3.28. The highest BCUT2D eigenvalue weighted by Gasteiger charge is 2.19. The third-order valence-corrected chi connectivity index (χ3v) is 4.18. The van der Waals surface area contributed by atoms with Crippen molar-refractivity contribution >= 4 is 27.8 Å². The maximum Gasteiger partial charge on any atom is 0.270 e. The highest BCUT2D eigenvalue weighted by atomic mass is 16.1. The minimum Gasteiger partial charge on any atom is -0.351 e. The summed E-state index contributed by atoms with van der Waals surface area (Å²) in [6.07, 6.45) is 3.39. The average Bonchev–Trinajstić information content (AvgIpc) is 3.06. The van der Waals surface area contributed by atoms with Crippen molar-refractivity contribution in [2.75, 3.05) is 6.54 Å². The normalized spacial score (nSPS) is 11.1. The van der Waals surface area contributed by atoms with E-state index in [-0.39, 0.29) is 5.91 Å². The van der Waals surface area contributed by atoms with Gasteiger partial charge < -0.3 is 10.3 Å². The molecule has 3 aromatic heterocycles. The first-order chi connectivity index (χ1) is 12.2. The van der Waals surface area contributed by atoms with Gasteiger partial charge in [0, 0.05) is 18.1 Å². The molecule has 0 radical (unpaired) electrons. The molecule has 6 nitrogen and oxygen atoms in total. The van der Waals surface area contributed by atoms with Gasteiger partial charge in [0.2, 0.25) is 0 Å². The van der Waals surface area contributed by atoms with Crippen LogP contribution in [0, 0.1) is 6.92 Å². The molecule has 0 aliphatic carbocycles. The number of aromatic amines is 1. The fraction of sp³-hybridized carbons (Fsp3) is 0.158. The zero-order valence-corrected chi connectivity index (χ0v) is 14.0. The summed E-state index contributed by atoms with van der Waals surface area (Å²) < 4.78 is 0. The van der Waals surface area contributed by atoms with Crippen molar-refractivity contribution in [2.45, 2.75) is 13.8 Å². The lowest BCUT2D eigenvalue weighted by atomic mass is 10.1. The summed E-state index contributed by atoms with van der Waals surface area (Å²) >= 11 is 0. The molecular formula is C19H17N5O. The fourth-order valence-electron chi connectivity index (χ4n) is 3.01. The van der Waals surface area contributed by atoms with Crippen molar-refractivity contribution in [1.29, 1.82) is 0 Å². The number of fused-ring (bicyclic) bond motifs is 3. The number of hydrogen-bond acceptors (Lipinski definition) is 4. The highest BCUT2D eigenvalue weighted by molar-refractivity contribution is 6.04. The lowest BCUT2D eigenvalue weighted by molar-refractivity contribution is 0.0951. The van der Waals surface area contributed by atoms with E-state index in [0.717, 1.165) is 27.5 Å². The van der Waals surface area contributed by atoms with E-state index in [0.29, 0.717) is 23.6 Å². The summed E-state index contributed by atoms with van der Waals surface area (Å²) in [5.41, 5.74) is 4.60. The molecule has 1 amide bonds. The molecule has 1 aromatic carbocycles. The number of carbonyl (C=O) groups is 1. The van der Waals surface area contributed by atoms with E-state index in [1.807, 2.05) is 44.2 Å². The van der Waals surface area contributed by atoms with Gasteiger partial charge >= 0.3 is 0 Å². The summed E-state index contributed by atoms with van der Waals surface area (Å²) in [7, 11) is 0. The van der Waals surface area contributed by atoms with Crippen LogP contribution in [0.3, 0.4) is 0 Å².